The van der Waals surface area contributed by atoms with Crippen molar-refractivity contribution in [3.63, 3.8) is 0 Å². The molecule has 1 saturated heterocycles. The summed E-state index contributed by atoms with van der Waals surface area (Å²) in [4.78, 5) is 4.20. The Bertz CT molecular complexity index is 525. The summed E-state index contributed by atoms with van der Waals surface area (Å²) in [5.41, 5.74) is 0. The maximum absolute atomic E-state index is 5.85. The predicted octanol–water partition coefficient (Wildman–Crippen LogP) is 3.34. The molecule has 154 valence electrons. The van der Waals surface area contributed by atoms with E-state index in [1.54, 1.807) is 7.05 Å². The monoisotopic (exact) mass is 511 g/mol. The van der Waals surface area contributed by atoms with Gasteiger partial charge in [0.05, 0.1) is 6.54 Å². The van der Waals surface area contributed by atoms with E-state index >= 15 is 0 Å². The van der Waals surface area contributed by atoms with Crippen molar-refractivity contribution in [3.8, 4) is 5.75 Å². The average Bonchev–Trinajstić information content (AvgIpc) is 2.68. The van der Waals surface area contributed by atoms with E-state index in [4.69, 9.17) is 25.8 Å². The van der Waals surface area contributed by atoms with Crippen LogP contribution in [-0.4, -0.2) is 59.1 Å². The van der Waals surface area contributed by atoms with Crippen molar-refractivity contribution in [1.29, 1.82) is 0 Å². The number of aliphatic imine (C=N–C) groups is 1. The van der Waals surface area contributed by atoms with E-state index in [0.717, 1.165) is 63.9 Å². The zero-order valence-corrected chi connectivity index (χ0v) is 19.0. The molecule has 0 amide bonds. The second kappa shape index (κ2) is 15.2. The molecule has 2 rings (SSSR count). The molecule has 0 unspecified atom stereocenters. The highest BCUT2D eigenvalue weighted by Gasteiger charge is 2.13. The Balaban J connectivity index is 0.00000364. The molecule has 0 aromatic heterocycles. The van der Waals surface area contributed by atoms with Gasteiger partial charge in [-0.1, -0.05) is 11.6 Å². The van der Waals surface area contributed by atoms with Gasteiger partial charge in [-0.15, -0.1) is 24.0 Å². The molecular formula is C19H31ClIN3O3. The lowest BCUT2D eigenvalue weighted by Gasteiger charge is -2.21. The van der Waals surface area contributed by atoms with Crippen LogP contribution in [0.15, 0.2) is 29.3 Å². The number of hydrogen-bond donors (Lipinski definition) is 2. The Kier molecular flexibility index (Phi) is 13.7. The first-order chi connectivity index (χ1) is 12.8. The first-order valence-electron chi connectivity index (χ1n) is 9.26. The Morgan fingerprint density at radius 3 is 2.56 bits per heavy atom. The Hall–Kier alpha value is -0.770. The van der Waals surface area contributed by atoms with E-state index < -0.39 is 0 Å². The lowest BCUT2D eigenvalue weighted by atomic mass is 10.0. The summed E-state index contributed by atoms with van der Waals surface area (Å²) < 4.78 is 16.8. The summed E-state index contributed by atoms with van der Waals surface area (Å²) in [6.07, 6.45) is 3.19. The van der Waals surface area contributed by atoms with Crippen LogP contribution in [0.4, 0.5) is 0 Å². The van der Waals surface area contributed by atoms with E-state index in [9.17, 15) is 0 Å². The molecule has 1 fully saturated rings. The van der Waals surface area contributed by atoms with Crippen molar-refractivity contribution in [2.45, 2.75) is 19.3 Å². The first kappa shape index (κ1) is 24.3. The van der Waals surface area contributed by atoms with Gasteiger partial charge in [-0.05, 0) is 49.4 Å². The van der Waals surface area contributed by atoms with Gasteiger partial charge < -0.3 is 24.8 Å². The van der Waals surface area contributed by atoms with Crippen LogP contribution >= 0.6 is 35.6 Å². The second-order valence-corrected chi connectivity index (χ2v) is 6.65. The van der Waals surface area contributed by atoms with E-state index in [2.05, 4.69) is 15.6 Å². The normalized spacial score (nSPS) is 15.1. The second-order valence-electron chi connectivity index (χ2n) is 6.21. The third-order valence-electron chi connectivity index (χ3n) is 4.15. The Morgan fingerprint density at radius 1 is 1.15 bits per heavy atom. The third kappa shape index (κ3) is 11.0. The van der Waals surface area contributed by atoms with Crippen molar-refractivity contribution in [2.75, 3.05) is 53.2 Å². The molecule has 27 heavy (non-hydrogen) atoms. The number of benzene rings is 1. The van der Waals surface area contributed by atoms with Gasteiger partial charge in [0.15, 0.2) is 5.96 Å². The highest BCUT2D eigenvalue weighted by molar-refractivity contribution is 14.0. The number of hydrogen-bond acceptors (Lipinski definition) is 4. The van der Waals surface area contributed by atoms with Crippen molar-refractivity contribution >= 4 is 41.5 Å². The number of nitrogens with zero attached hydrogens (tertiary/aromatic N) is 1. The minimum absolute atomic E-state index is 0. The van der Waals surface area contributed by atoms with E-state index in [1.807, 2.05) is 24.3 Å². The molecule has 1 aromatic carbocycles. The largest absolute Gasteiger partial charge is 0.492 e. The van der Waals surface area contributed by atoms with Crippen LogP contribution in [0.5, 0.6) is 5.75 Å². The van der Waals surface area contributed by atoms with Gasteiger partial charge in [0.1, 0.15) is 12.4 Å². The average molecular weight is 512 g/mol. The molecule has 2 N–H and O–H groups in total. The standard InChI is InChI=1S/C19H30ClN3O3.HI/c1-21-19(23-10-14-26-18-5-3-17(20)4-6-18)22-9-2-11-25-15-16-7-12-24-13-8-16;/h3-6,16H,2,7-15H2,1H3,(H2,21,22,23);1H. The van der Waals surface area contributed by atoms with Gasteiger partial charge in [-0.25, -0.2) is 0 Å². The van der Waals surface area contributed by atoms with E-state index in [1.165, 1.54) is 0 Å². The maximum atomic E-state index is 5.85. The molecule has 0 atom stereocenters. The molecule has 0 saturated carbocycles. The lowest BCUT2D eigenvalue weighted by molar-refractivity contribution is 0.0203. The first-order valence-corrected chi connectivity index (χ1v) is 9.64. The molecular weight excluding hydrogens is 481 g/mol. The fraction of sp³-hybridized carbons (Fsp3) is 0.632. The van der Waals surface area contributed by atoms with Gasteiger partial charge >= 0.3 is 0 Å². The van der Waals surface area contributed by atoms with Crippen LogP contribution in [0.2, 0.25) is 5.02 Å². The van der Waals surface area contributed by atoms with Gasteiger partial charge in [0.25, 0.3) is 0 Å². The molecule has 0 radical (unpaired) electrons. The SMILES string of the molecule is CN=C(NCCCOCC1CCOCC1)NCCOc1ccc(Cl)cc1.I. The number of ether oxygens (including phenoxy) is 3. The van der Waals surface area contributed by atoms with Gasteiger partial charge in [0, 0.05) is 45.0 Å². The smallest absolute Gasteiger partial charge is 0.191 e. The van der Waals surface area contributed by atoms with Crippen LogP contribution in [0.25, 0.3) is 0 Å². The maximum Gasteiger partial charge on any atom is 0.191 e. The van der Waals surface area contributed by atoms with E-state index in [-0.39, 0.29) is 24.0 Å². The summed E-state index contributed by atoms with van der Waals surface area (Å²) in [5, 5.41) is 7.21. The zero-order chi connectivity index (χ0) is 18.5. The molecule has 1 aliphatic heterocycles. The van der Waals surface area contributed by atoms with E-state index in [0.29, 0.717) is 24.1 Å². The predicted molar refractivity (Wildman–Crippen MR) is 121 cm³/mol. The zero-order valence-electron chi connectivity index (χ0n) is 15.9. The molecule has 1 aromatic rings. The van der Waals surface area contributed by atoms with Gasteiger partial charge in [-0.3, -0.25) is 4.99 Å². The van der Waals surface area contributed by atoms with Crippen molar-refractivity contribution < 1.29 is 14.2 Å². The highest BCUT2D eigenvalue weighted by Crippen LogP contribution is 2.15. The fourth-order valence-electron chi connectivity index (χ4n) is 2.63. The third-order valence-corrected chi connectivity index (χ3v) is 4.40. The summed E-state index contributed by atoms with van der Waals surface area (Å²) >= 11 is 5.85. The highest BCUT2D eigenvalue weighted by atomic mass is 127. The summed E-state index contributed by atoms with van der Waals surface area (Å²) in [6, 6.07) is 7.34. The minimum Gasteiger partial charge on any atom is -0.492 e. The van der Waals surface area contributed by atoms with Crippen molar-refractivity contribution in [2.24, 2.45) is 10.9 Å². The molecule has 1 aliphatic rings. The van der Waals surface area contributed by atoms with Crippen LogP contribution in [0, 0.1) is 5.92 Å². The molecule has 0 spiro atoms. The number of guanidine groups is 1. The summed E-state index contributed by atoms with van der Waals surface area (Å²) in [5.74, 6) is 2.24. The number of nitrogens with one attached hydrogen (secondary N) is 2. The van der Waals surface area contributed by atoms with Gasteiger partial charge in [0.2, 0.25) is 0 Å². The minimum atomic E-state index is 0. The van der Waals surface area contributed by atoms with Crippen LogP contribution < -0.4 is 15.4 Å². The molecule has 0 bridgehead atoms. The van der Waals surface area contributed by atoms with Crippen molar-refractivity contribution in [1.82, 2.24) is 10.6 Å². The summed E-state index contributed by atoms with van der Waals surface area (Å²) in [6.45, 7) is 5.41. The molecule has 6 nitrogen and oxygen atoms in total. The number of rotatable bonds is 10. The molecule has 8 heteroatoms. The molecule has 0 aliphatic carbocycles. The fourth-order valence-corrected chi connectivity index (χ4v) is 2.76. The van der Waals surface area contributed by atoms with Gasteiger partial charge in [-0.2, -0.15) is 0 Å². The molecule has 1 heterocycles. The quantitative estimate of drug-likeness (QED) is 0.218. The van der Waals surface area contributed by atoms with Crippen LogP contribution in [0.1, 0.15) is 19.3 Å². The Labute approximate surface area is 184 Å². The van der Waals surface area contributed by atoms with Crippen molar-refractivity contribution in [3.05, 3.63) is 29.3 Å². The van der Waals surface area contributed by atoms with Crippen LogP contribution in [0.3, 0.4) is 0 Å². The number of halogens is 2. The van der Waals surface area contributed by atoms with Crippen LogP contribution in [-0.2, 0) is 9.47 Å². The lowest BCUT2D eigenvalue weighted by Crippen LogP contribution is -2.39. The topological polar surface area (TPSA) is 64.1 Å². The summed E-state index contributed by atoms with van der Waals surface area (Å²) in [7, 11) is 1.76. The Morgan fingerprint density at radius 2 is 1.85 bits per heavy atom.